The van der Waals surface area contributed by atoms with E-state index < -0.39 is 12.0 Å². The summed E-state index contributed by atoms with van der Waals surface area (Å²) >= 11 is 0. The van der Waals surface area contributed by atoms with E-state index in [1.807, 2.05) is 0 Å². The Morgan fingerprint density at radius 2 is 1.33 bits per heavy atom. The molecular weight excluding hydrogens is 162 g/mol. The minimum atomic E-state index is -2.57. The summed E-state index contributed by atoms with van der Waals surface area (Å²) in [6.07, 6.45) is 2.52. The van der Waals surface area contributed by atoms with Gasteiger partial charge < -0.3 is 5.11 Å². The molecule has 0 atom stereocenters. The summed E-state index contributed by atoms with van der Waals surface area (Å²) in [5.74, 6) is 0. The molecule has 0 aromatic carbocycles. The molecule has 1 saturated carbocycles. The molecule has 3 heteroatoms. The smallest absolute Gasteiger partial charge is 0.266 e. The van der Waals surface area contributed by atoms with Crippen LogP contribution in [0, 0.1) is 0 Å². The maximum atomic E-state index is 12.4. The molecule has 72 valence electrons. The maximum Gasteiger partial charge on any atom is 0.266 e. The van der Waals surface area contributed by atoms with Crippen molar-refractivity contribution in [3.8, 4) is 0 Å². The van der Waals surface area contributed by atoms with Crippen molar-refractivity contribution < 1.29 is 13.9 Å². The first-order valence-electron chi connectivity index (χ1n) is 4.66. The molecular formula is C9H16F2O. The topological polar surface area (TPSA) is 20.2 Å². The van der Waals surface area contributed by atoms with Gasteiger partial charge >= 0.3 is 0 Å². The first kappa shape index (κ1) is 9.90. The molecule has 0 unspecified atom stereocenters. The molecule has 12 heavy (non-hydrogen) atoms. The molecule has 1 rings (SSSR count). The molecule has 0 heterocycles. The minimum absolute atomic E-state index is 0.269. The van der Waals surface area contributed by atoms with Gasteiger partial charge in [0.2, 0.25) is 0 Å². The van der Waals surface area contributed by atoms with Crippen molar-refractivity contribution in [3.05, 3.63) is 0 Å². The second-order valence-electron chi connectivity index (χ2n) is 3.67. The third-order valence-electron chi connectivity index (χ3n) is 2.63. The zero-order valence-electron chi connectivity index (χ0n) is 7.23. The molecule has 1 aliphatic rings. The van der Waals surface area contributed by atoms with E-state index in [1.54, 1.807) is 0 Å². The van der Waals surface area contributed by atoms with Crippen molar-refractivity contribution in [2.45, 2.75) is 57.0 Å². The predicted molar refractivity (Wildman–Crippen MR) is 43.3 cm³/mol. The Morgan fingerprint density at radius 3 is 1.75 bits per heavy atom. The molecule has 0 bridgehead atoms. The van der Waals surface area contributed by atoms with Gasteiger partial charge in [0.05, 0.1) is 0 Å². The van der Waals surface area contributed by atoms with Gasteiger partial charge in [0.15, 0.2) is 0 Å². The van der Waals surface area contributed by atoms with Crippen LogP contribution in [0.5, 0.6) is 0 Å². The van der Waals surface area contributed by atoms with Crippen LogP contribution >= 0.6 is 0 Å². The molecule has 0 amide bonds. The number of alkyl halides is 2. The van der Waals surface area contributed by atoms with E-state index >= 15 is 0 Å². The van der Waals surface area contributed by atoms with E-state index in [4.69, 9.17) is 0 Å². The van der Waals surface area contributed by atoms with Crippen LogP contribution in [-0.4, -0.2) is 17.1 Å². The van der Waals surface area contributed by atoms with E-state index in [1.165, 1.54) is 0 Å². The van der Waals surface area contributed by atoms with Crippen LogP contribution in [0.4, 0.5) is 8.78 Å². The largest absolute Gasteiger partial charge is 0.384 e. The number of halogens is 2. The van der Waals surface area contributed by atoms with Crippen molar-refractivity contribution in [2.75, 3.05) is 0 Å². The Hall–Kier alpha value is -0.180. The minimum Gasteiger partial charge on any atom is -0.384 e. The lowest BCUT2D eigenvalue weighted by Gasteiger charge is -2.28. The van der Waals surface area contributed by atoms with Crippen molar-refractivity contribution in [2.24, 2.45) is 0 Å². The zero-order valence-corrected chi connectivity index (χ0v) is 7.23. The summed E-state index contributed by atoms with van der Waals surface area (Å²) in [6, 6.07) is 0. The second-order valence-corrected chi connectivity index (χ2v) is 3.67. The summed E-state index contributed by atoms with van der Waals surface area (Å²) in [5, 5.41) is 9.50. The molecule has 0 aromatic heterocycles. The van der Waals surface area contributed by atoms with Crippen LogP contribution in [-0.2, 0) is 0 Å². The molecule has 0 aliphatic heterocycles. The Bertz CT molecular complexity index is 128. The van der Waals surface area contributed by atoms with Gasteiger partial charge in [-0.05, 0) is 12.8 Å². The lowest BCUT2D eigenvalue weighted by atomic mass is 9.87. The third kappa shape index (κ3) is 2.41. The van der Waals surface area contributed by atoms with Gasteiger partial charge in [0.1, 0.15) is 5.60 Å². The summed E-state index contributed by atoms with van der Waals surface area (Å²) in [4.78, 5) is 0. The Labute approximate surface area is 71.8 Å². The van der Waals surface area contributed by atoms with Crippen LogP contribution < -0.4 is 0 Å². The monoisotopic (exact) mass is 178 g/mol. The van der Waals surface area contributed by atoms with E-state index in [2.05, 4.69) is 0 Å². The van der Waals surface area contributed by atoms with Gasteiger partial charge in [-0.2, -0.15) is 0 Å². The van der Waals surface area contributed by atoms with E-state index in [9.17, 15) is 13.9 Å². The van der Waals surface area contributed by atoms with Crippen LogP contribution in [0.3, 0.4) is 0 Å². The van der Waals surface area contributed by atoms with Crippen molar-refractivity contribution in [1.29, 1.82) is 0 Å². The van der Waals surface area contributed by atoms with Gasteiger partial charge in [0, 0.05) is 0 Å². The van der Waals surface area contributed by atoms with E-state index in [-0.39, 0.29) is 12.8 Å². The first-order valence-corrected chi connectivity index (χ1v) is 4.66. The van der Waals surface area contributed by atoms with Crippen LogP contribution in [0.1, 0.15) is 44.9 Å². The quantitative estimate of drug-likeness (QED) is 0.654. The van der Waals surface area contributed by atoms with Crippen molar-refractivity contribution in [3.63, 3.8) is 0 Å². The van der Waals surface area contributed by atoms with E-state index in [0.717, 1.165) is 32.1 Å². The summed E-state index contributed by atoms with van der Waals surface area (Å²) in [6.45, 7) is 0. The number of hydrogen-bond donors (Lipinski definition) is 1. The van der Waals surface area contributed by atoms with Gasteiger partial charge in [0.25, 0.3) is 6.43 Å². The molecule has 1 nitrogen and oxygen atoms in total. The van der Waals surface area contributed by atoms with Crippen LogP contribution in [0.25, 0.3) is 0 Å². The highest BCUT2D eigenvalue weighted by atomic mass is 19.3. The van der Waals surface area contributed by atoms with Gasteiger partial charge in [-0.15, -0.1) is 0 Å². The molecule has 0 radical (unpaired) electrons. The standard InChI is InChI=1S/C9H16F2O/c10-8(11)9(12)6-4-2-1-3-5-7-9/h8,12H,1-7H2. The molecule has 0 saturated heterocycles. The van der Waals surface area contributed by atoms with Crippen LogP contribution in [0.2, 0.25) is 0 Å². The average Bonchev–Trinajstić information content (AvgIpc) is 1.97. The zero-order chi connectivity index (χ0) is 9.03. The summed E-state index contributed by atoms with van der Waals surface area (Å²) in [5.41, 5.74) is -1.68. The Morgan fingerprint density at radius 1 is 0.917 bits per heavy atom. The maximum absolute atomic E-state index is 12.4. The molecule has 1 N–H and O–H groups in total. The third-order valence-corrected chi connectivity index (χ3v) is 2.63. The molecule has 1 aliphatic carbocycles. The first-order chi connectivity index (χ1) is 5.65. The predicted octanol–water partition coefficient (Wildman–Crippen LogP) is 2.73. The Balaban J connectivity index is 2.48. The normalized spacial score (nSPS) is 25.0. The van der Waals surface area contributed by atoms with Gasteiger partial charge in [-0.25, -0.2) is 8.78 Å². The number of aliphatic hydroxyl groups is 1. The second kappa shape index (κ2) is 4.17. The molecule has 0 spiro atoms. The fourth-order valence-electron chi connectivity index (χ4n) is 1.74. The molecule has 1 fully saturated rings. The summed E-state index contributed by atoms with van der Waals surface area (Å²) < 4.78 is 24.7. The average molecular weight is 178 g/mol. The highest BCUT2D eigenvalue weighted by Crippen LogP contribution is 2.31. The lowest BCUT2D eigenvalue weighted by Crippen LogP contribution is -2.37. The van der Waals surface area contributed by atoms with Gasteiger partial charge in [-0.1, -0.05) is 32.1 Å². The van der Waals surface area contributed by atoms with Gasteiger partial charge in [-0.3, -0.25) is 0 Å². The fraction of sp³-hybridized carbons (Fsp3) is 1.00. The van der Waals surface area contributed by atoms with Crippen LogP contribution in [0.15, 0.2) is 0 Å². The highest BCUT2D eigenvalue weighted by Gasteiger charge is 2.36. The Kier molecular flexibility index (Phi) is 3.44. The fourth-order valence-corrected chi connectivity index (χ4v) is 1.74. The SMILES string of the molecule is OC1(C(F)F)CCCCCCC1. The lowest BCUT2D eigenvalue weighted by molar-refractivity contribution is -0.110. The molecule has 0 aromatic rings. The van der Waals surface area contributed by atoms with Crippen molar-refractivity contribution >= 4 is 0 Å². The van der Waals surface area contributed by atoms with Crippen molar-refractivity contribution in [1.82, 2.24) is 0 Å². The number of rotatable bonds is 1. The highest BCUT2D eigenvalue weighted by molar-refractivity contribution is 4.82. The van der Waals surface area contributed by atoms with E-state index in [0.29, 0.717) is 0 Å². The summed E-state index contributed by atoms with van der Waals surface area (Å²) in [7, 11) is 0. The number of hydrogen-bond acceptors (Lipinski definition) is 1.